The highest BCUT2D eigenvalue weighted by atomic mass is 32.2. The Hall–Kier alpha value is -2.67. The molecule has 0 spiro atoms. The molecule has 0 bridgehead atoms. The number of carbonyl (C=O) groups excluding carboxylic acids is 1. The number of nitrogens with zero attached hydrogens (tertiary/aromatic N) is 2. The van der Waals surface area contributed by atoms with Crippen molar-refractivity contribution in [3.63, 3.8) is 0 Å². The number of fused-ring (bicyclic) bond motifs is 1. The molecule has 146 valence electrons. The van der Waals surface area contributed by atoms with E-state index in [1.54, 1.807) is 11.8 Å². The lowest BCUT2D eigenvalue weighted by molar-refractivity contribution is -0.116. The zero-order valence-electron chi connectivity index (χ0n) is 16.0. The van der Waals surface area contributed by atoms with E-state index >= 15 is 0 Å². The first-order valence-electron chi connectivity index (χ1n) is 8.92. The van der Waals surface area contributed by atoms with Crippen molar-refractivity contribution in [3.8, 4) is 0 Å². The summed E-state index contributed by atoms with van der Waals surface area (Å²) in [6.45, 7) is 6.15. The van der Waals surface area contributed by atoms with Crippen LogP contribution in [0.2, 0.25) is 0 Å². The molecule has 0 unspecified atom stereocenters. The first kappa shape index (κ1) is 20.1. The van der Waals surface area contributed by atoms with Gasteiger partial charge < -0.3 is 0 Å². The van der Waals surface area contributed by atoms with Crippen molar-refractivity contribution in [1.82, 2.24) is 9.66 Å². The molecule has 0 aliphatic rings. The van der Waals surface area contributed by atoms with Crippen LogP contribution in [0.5, 0.6) is 0 Å². The van der Waals surface area contributed by atoms with Crippen molar-refractivity contribution < 1.29 is 9.18 Å². The molecule has 5 nitrogen and oxygen atoms in total. The van der Waals surface area contributed by atoms with E-state index in [4.69, 9.17) is 0 Å². The fraction of sp³-hybridized carbons (Fsp3) is 0.286. The van der Waals surface area contributed by atoms with Crippen LogP contribution in [0.25, 0.3) is 10.9 Å². The number of carbonyl (C=O) groups is 1. The Morgan fingerprint density at radius 3 is 2.57 bits per heavy atom. The molecule has 28 heavy (non-hydrogen) atoms. The second-order valence-electron chi connectivity index (χ2n) is 7.43. The van der Waals surface area contributed by atoms with E-state index < -0.39 is 11.4 Å². The summed E-state index contributed by atoms with van der Waals surface area (Å²) in [7, 11) is 0. The summed E-state index contributed by atoms with van der Waals surface area (Å²) >= 11 is 1.59. The van der Waals surface area contributed by atoms with Gasteiger partial charge in [0.25, 0.3) is 5.56 Å². The largest absolute Gasteiger partial charge is 0.280 e. The molecule has 0 aliphatic heterocycles. The molecule has 0 atom stereocenters. The van der Waals surface area contributed by atoms with E-state index in [0.29, 0.717) is 11.6 Å². The predicted molar refractivity (Wildman–Crippen MR) is 112 cm³/mol. The number of hydrogen-bond donors (Lipinski definition) is 1. The van der Waals surface area contributed by atoms with Gasteiger partial charge in [-0.3, -0.25) is 15.0 Å². The molecule has 2 aromatic carbocycles. The summed E-state index contributed by atoms with van der Waals surface area (Å²) in [6.07, 6.45) is 0.139. The normalized spacial score (nSPS) is 11.6. The lowest BCUT2D eigenvalue weighted by atomic mass is 10.1. The fourth-order valence-corrected chi connectivity index (χ4v) is 3.40. The topological polar surface area (TPSA) is 64.0 Å². The Balaban J connectivity index is 1.97. The van der Waals surface area contributed by atoms with E-state index in [1.165, 1.54) is 22.9 Å². The minimum atomic E-state index is -0.459. The smallest absolute Gasteiger partial charge is 0.273 e. The summed E-state index contributed by atoms with van der Waals surface area (Å²) in [5.74, 6) is -0.000669. The molecule has 3 aromatic rings. The van der Waals surface area contributed by atoms with Gasteiger partial charge in [0.2, 0.25) is 5.91 Å². The molecular weight excluding hydrogens is 377 g/mol. The van der Waals surface area contributed by atoms with Crippen molar-refractivity contribution in [2.75, 3.05) is 5.43 Å². The Labute approximate surface area is 167 Å². The minimum Gasteiger partial charge on any atom is -0.273 e. The van der Waals surface area contributed by atoms with E-state index in [9.17, 15) is 14.0 Å². The fourth-order valence-electron chi connectivity index (χ4n) is 2.64. The van der Waals surface area contributed by atoms with Gasteiger partial charge in [-0.15, -0.1) is 11.8 Å². The average Bonchev–Trinajstić information content (AvgIpc) is 2.62. The third-order valence-corrected chi connectivity index (χ3v) is 5.25. The molecule has 0 radical (unpaired) electrons. The van der Waals surface area contributed by atoms with E-state index in [0.717, 1.165) is 5.56 Å². The average molecular weight is 399 g/mol. The highest BCUT2D eigenvalue weighted by Gasteiger charge is 2.18. The number of halogens is 1. The van der Waals surface area contributed by atoms with Crippen LogP contribution in [-0.2, 0) is 17.0 Å². The minimum absolute atomic E-state index is 0.0620. The van der Waals surface area contributed by atoms with Gasteiger partial charge in [0.05, 0.1) is 23.1 Å². The Bertz CT molecular complexity index is 1060. The van der Waals surface area contributed by atoms with Gasteiger partial charge in [-0.1, -0.05) is 51.1 Å². The van der Waals surface area contributed by atoms with Crippen LogP contribution in [0.3, 0.4) is 0 Å². The van der Waals surface area contributed by atoms with Crippen LogP contribution in [0, 0.1) is 5.82 Å². The van der Waals surface area contributed by atoms with Crippen LogP contribution < -0.4 is 11.0 Å². The SMILES string of the molecule is CC(C)(C)SCc1nc2cc(F)ccc2c(=O)n1NC(=O)Cc1ccccc1. The number of nitrogens with one attached hydrogen (secondary N) is 1. The van der Waals surface area contributed by atoms with Gasteiger partial charge in [0.1, 0.15) is 11.6 Å². The van der Waals surface area contributed by atoms with E-state index in [1.807, 2.05) is 30.3 Å². The molecule has 0 saturated carbocycles. The number of benzene rings is 2. The zero-order valence-corrected chi connectivity index (χ0v) is 16.8. The number of hydrogen-bond acceptors (Lipinski definition) is 4. The maximum absolute atomic E-state index is 13.6. The lowest BCUT2D eigenvalue weighted by Gasteiger charge is -2.19. The number of rotatable bonds is 5. The maximum atomic E-state index is 13.6. The van der Waals surface area contributed by atoms with Crippen molar-refractivity contribution in [2.45, 2.75) is 37.7 Å². The zero-order chi connectivity index (χ0) is 20.3. The van der Waals surface area contributed by atoms with Gasteiger partial charge in [-0.2, -0.15) is 0 Å². The third-order valence-electron chi connectivity index (χ3n) is 3.98. The Kier molecular flexibility index (Phi) is 5.84. The number of thioether (sulfide) groups is 1. The van der Waals surface area contributed by atoms with Crippen molar-refractivity contribution in [3.05, 3.63) is 76.1 Å². The monoisotopic (exact) mass is 399 g/mol. The van der Waals surface area contributed by atoms with Crippen molar-refractivity contribution >= 4 is 28.6 Å². The molecule has 1 aromatic heterocycles. The number of amides is 1. The standard InChI is InChI=1S/C21H22FN3O2S/c1-21(2,3)28-13-18-23-17-12-15(22)9-10-16(17)20(27)25(18)24-19(26)11-14-7-5-4-6-8-14/h4-10,12H,11,13H2,1-3H3,(H,24,26). The number of aromatic nitrogens is 2. The molecule has 1 amide bonds. The molecule has 1 heterocycles. The molecule has 0 fully saturated rings. The Morgan fingerprint density at radius 1 is 1.18 bits per heavy atom. The van der Waals surface area contributed by atoms with Crippen LogP contribution >= 0.6 is 11.8 Å². The van der Waals surface area contributed by atoms with Gasteiger partial charge in [-0.05, 0) is 17.7 Å². The molecule has 1 N–H and O–H groups in total. The Morgan fingerprint density at radius 2 is 1.89 bits per heavy atom. The summed E-state index contributed by atoms with van der Waals surface area (Å²) in [6, 6.07) is 13.1. The predicted octanol–water partition coefficient (Wildman–Crippen LogP) is 3.88. The van der Waals surface area contributed by atoms with Crippen LogP contribution in [0.1, 0.15) is 32.2 Å². The molecule has 0 saturated heterocycles. The van der Waals surface area contributed by atoms with Crippen LogP contribution in [0.4, 0.5) is 4.39 Å². The third kappa shape index (κ3) is 4.98. The highest BCUT2D eigenvalue weighted by molar-refractivity contribution is 7.99. The summed E-state index contributed by atoms with van der Waals surface area (Å²) in [4.78, 5) is 29.9. The van der Waals surface area contributed by atoms with Crippen molar-refractivity contribution in [1.29, 1.82) is 0 Å². The second-order valence-corrected chi connectivity index (χ2v) is 9.23. The summed E-state index contributed by atoms with van der Waals surface area (Å²) < 4.78 is 14.7. The quantitative estimate of drug-likeness (QED) is 0.707. The first-order valence-corrected chi connectivity index (χ1v) is 9.90. The van der Waals surface area contributed by atoms with Crippen LogP contribution in [-0.4, -0.2) is 20.3 Å². The molecule has 7 heteroatoms. The molecule has 0 aliphatic carbocycles. The second kappa shape index (κ2) is 8.14. The molecule has 3 rings (SSSR count). The summed E-state index contributed by atoms with van der Waals surface area (Å²) in [5.41, 5.74) is 3.37. The van der Waals surface area contributed by atoms with Gasteiger partial charge in [-0.25, -0.2) is 14.1 Å². The van der Waals surface area contributed by atoms with Crippen molar-refractivity contribution in [2.24, 2.45) is 0 Å². The summed E-state index contributed by atoms with van der Waals surface area (Å²) in [5, 5.41) is 0.255. The van der Waals surface area contributed by atoms with E-state index in [-0.39, 0.29) is 28.0 Å². The first-order chi connectivity index (χ1) is 13.2. The molecular formula is C21H22FN3O2S. The maximum Gasteiger partial charge on any atom is 0.280 e. The highest BCUT2D eigenvalue weighted by Crippen LogP contribution is 2.26. The lowest BCUT2D eigenvalue weighted by Crippen LogP contribution is -2.37. The van der Waals surface area contributed by atoms with Gasteiger partial charge >= 0.3 is 0 Å². The van der Waals surface area contributed by atoms with E-state index in [2.05, 4.69) is 31.2 Å². The van der Waals surface area contributed by atoms with Crippen LogP contribution in [0.15, 0.2) is 53.3 Å². The van der Waals surface area contributed by atoms with Gasteiger partial charge in [0, 0.05) is 10.8 Å². The van der Waals surface area contributed by atoms with Gasteiger partial charge in [0.15, 0.2) is 0 Å².